The molecule has 6 nitrogen and oxygen atoms in total. The molecule has 0 bridgehead atoms. The minimum atomic E-state index is 0. The Labute approximate surface area is 194 Å². The molecule has 0 radical (unpaired) electrons. The van der Waals surface area contributed by atoms with Crippen LogP contribution >= 0.6 is 39.9 Å². The monoisotopic (exact) mass is 566 g/mol. The fourth-order valence-electron chi connectivity index (χ4n) is 3.76. The highest BCUT2D eigenvalue weighted by Crippen LogP contribution is 2.34. The number of benzene rings is 1. The third kappa shape index (κ3) is 6.83. The van der Waals surface area contributed by atoms with Gasteiger partial charge < -0.3 is 20.1 Å². The summed E-state index contributed by atoms with van der Waals surface area (Å²) >= 11 is 3.54. The molecule has 2 fully saturated rings. The number of halogens is 2. The van der Waals surface area contributed by atoms with Gasteiger partial charge in [-0.25, -0.2) is 0 Å². The van der Waals surface area contributed by atoms with Crippen molar-refractivity contribution < 1.29 is 9.47 Å². The van der Waals surface area contributed by atoms with E-state index in [4.69, 9.17) is 9.47 Å². The fourth-order valence-corrected chi connectivity index (χ4v) is 4.03. The molecule has 0 spiro atoms. The summed E-state index contributed by atoms with van der Waals surface area (Å²) in [7, 11) is 1.83. The van der Waals surface area contributed by atoms with Gasteiger partial charge in [-0.2, -0.15) is 0 Å². The van der Waals surface area contributed by atoms with Crippen LogP contribution in [0, 0.1) is 0 Å². The zero-order valence-electron chi connectivity index (χ0n) is 16.6. The van der Waals surface area contributed by atoms with Crippen molar-refractivity contribution in [3.8, 4) is 0 Å². The molecular weight excluding hydrogens is 535 g/mol. The molecular formula is C20H32BrIN4O2. The van der Waals surface area contributed by atoms with Crippen molar-refractivity contribution in [2.75, 3.05) is 66.2 Å². The van der Waals surface area contributed by atoms with Gasteiger partial charge in [0.2, 0.25) is 0 Å². The number of morpholine rings is 1. The molecule has 0 atom stereocenters. The highest BCUT2D eigenvalue weighted by molar-refractivity contribution is 14.0. The second-order valence-electron chi connectivity index (χ2n) is 7.21. The molecule has 28 heavy (non-hydrogen) atoms. The summed E-state index contributed by atoms with van der Waals surface area (Å²) in [5.74, 6) is 0.867. The van der Waals surface area contributed by atoms with E-state index in [9.17, 15) is 0 Å². The van der Waals surface area contributed by atoms with E-state index in [0.717, 1.165) is 82.4 Å². The molecule has 2 heterocycles. The molecule has 0 unspecified atom stereocenters. The minimum Gasteiger partial charge on any atom is -0.381 e. The summed E-state index contributed by atoms with van der Waals surface area (Å²) in [6, 6.07) is 8.71. The van der Waals surface area contributed by atoms with Crippen LogP contribution in [0.25, 0.3) is 0 Å². The van der Waals surface area contributed by atoms with Crippen LogP contribution in [-0.2, 0) is 14.9 Å². The second kappa shape index (κ2) is 12.3. The van der Waals surface area contributed by atoms with Gasteiger partial charge in [0.15, 0.2) is 5.96 Å². The zero-order chi connectivity index (χ0) is 19.0. The molecule has 8 heteroatoms. The first-order valence-corrected chi connectivity index (χ1v) is 10.6. The van der Waals surface area contributed by atoms with Crippen LogP contribution in [0.15, 0.2) is 33.7 Å². The van der Waals surface area contributed by atoms with E-state index in [0.29, 0.717) is 0 Å². The maximum Gasteiger partial charge on any atom is 0.191 e. The normalized spacial score (nSPS) is 20.3. The molecule has 3 rings (SSSR count). The number of guanidine groups is 1. The minimum absolute atomic E-state index is 0. The molecule has 0 aliphatic carbocycles. The van der Waals surface area contributed by atoms with Gasteiger partial charge in [-0.1, -0.05) is 28.1 Å². The smallest absolute Gasteiger partial charge is 0.191 e. The summed E-state index contributed by atoms with van der Waals surface area (Å²) in [6.07, 6.45) is 2.04. The lowest BCUT2D eigenvalue weighted by Crippen LogP contribution is -2.49. The first kappa shape index (κ1) is 23.9. The van der Waals surface area contributed by atoms with Gasteiger partial charge >= 0.3 is 0 Å². The van der Waals surface area contributed by atoms with Crippen LogP contribution in [0.3, 0.4) is 0 Å². The predicted molar refractivity (Wildman–Crippen MR) is 128 cm³/mol. The van der Waals surface area contributed by atoms with Crippen molar-refractivity contribution in [2.45, 2.75) is 18.3 Å². The number of hydrogen-bond donors (Lipinski definition) is 2. The summed E-state index contributed by atoms with van der Waals surface area (Å²) in [6.45, 7) is 8.07. The van der Waals surface area contributed by atoms with E-state index in [1.165, 1.54) is 5.56 Å². The lowest BCUT2D eigenvalue weighted by Gasteiger charge is -2.38. The largest absolute Gasteiger partial charge is 0.381 e. The SMILES string of the molecule is CN=C(NCCN1CCOCC1)NCC1(c2ccc(Br)cc2)CCOCC1.I. The van der Waals surface area contributed by atoms with Crippen molar-refractivity contribution in [1.29, 1.82) is 0 Å². The van der Waals surface area contributed by atoms with E-state index in [2.05, 4.69) is 60.7 Å². The van der Waals surface area contributed by atoms with Gasteiger partial charge in [0.1, 0.15) is 0 Å². The third-order valence-electron chi connectivity index (χ3n) is 5.55. The quantitative estimate of drug-likeness (QED) is 0.315. The zero-order valence-corrected chi connectivity index (χ0v) is 20.5. The molecule has 1 aromatic rings. The Bertz CT molecular complexity index is 603. The fraction of sp³-hybridized carbons (Fsp3) is 0.650. The Morgan fingerprint density at radius 3 is 2.36 bits per heavy atom. The average molecular weight is 567 g/mol. The van der Waals surface area contributed by atoms with Crippen LogP contribution in [0.2, 0.25) is 0 Å². The molecule has 2 aliphatic heterocycles. The van der Waals surface area contributed by atoms with Gasteiger partial charge in [-0.05, 0) is 30.5 Å². The molecule has 0 saturated carbocycles. The number of rotatable bonds is 6. The lowest BCUT2D eigenvalue weighted by atomic mass is 9.74. The van der Waals surface area contributed by atoms with Gasteiger partial charge in [-0.3, -0.25) is 9.89 Å². The van der Waals surface area contributed by atoms with Crippen molar-refractivity contribution >= 4 is 45.9 Å². The van der Waals surface area contributed by atoms with E-state index in [1.807, 2.05) is 7.05 Å². The number of nitrogens with zero attached hydrogens (tertiary/aromatic N) is 2. The maximum atomic E-state index is 5.64. The molecule has 2 N–H and O–H groups in total. The van der Waals surface area contributed by atoms with Crippen LogP contribution in [0.1, 0.15) is 18.4 Å². The van der Waals surface area contributed by atoms with Gasteiger partial charge in [0.05, 0.1) is 13.2 Å². The second-order valence-corrected chi connectivity index (χ2v) is 8.12. The van der Waals surface area contributed by atoms with E-state index < -0.39 is 0 Å². The summed E-state index contributed by atoms with van der Waals surface area (Å²) in [5, 5.41) is 7.01. The number of aliphatic imine (C=N–C) groups is 1. The highest BCUT2D eigenvalue weighted by Gasteiger charge is 2.34. The highest BCUT2D eigenvalue weighted by atomic mass is 127. The number of nitrogens with one attached hydrogen (secondary N) is 2. The standard InChI is InChI=1S/C20H31BrN4O2.HI/c1-22-19(23-8-9-25-10-14-27-15-11-25)24-16-20(6-12-26-13-7-20)17-2-4-18(21)5-3-17;/h2-5H,6-16H2,1H3,(H2,22,23,24);1H. The Kier molecular flexibility index (Phi) is 10.5. The summed E-state index contributed by atoms with van der Waals surface area (Å²) < 4.78 is 12.2. The van der Waals surface area contributed by atoms with Crippen LogP contribution < -0.4 is 10.6 Å². The van der Waals surface area contributed by atoms with Gasteiger partial charge in [0.25, 0.3) is 0 Å². The summed E-state index contributed by atoms with van der Waals surface area (Å²) in [4.78, 5) is 6.83. The third-order valence-corrected chi connectivity index (χ3v) is 6.08. The van der Waals surface area contributed by atoms with Crippen molar-refractivity contribution in [1.82, 2.24) is 15.5 Å². The number of ether oxygens (including phenoxy) is 2. The molecule has 1 aromatic carbocycles. The lowest BCUT2D eigenvalue weighted by molar-refractivity contribution is 0.0388. The van der Waals surface area contributed by atoms with E-state index in [1.54, 1.807) is 0 Å². The Morgan fingerprint density at radius 2 is 1.71 bits per heavy atom. The van der Waals surface area contributed by atoms with E-state index in [-0.39, 0.29) is 29.4 Å². The van der Waals surface area contributed by atoms with Crippen molar-refractivity contribution in [2.24, 2.45) is 4.99 Å². The molecule has 0 aromatic heterocycles. The summed E-state index contributed by atoms with van der Waals surface area (Å²) in [5.41, 5.74) is 1.45. The predicted octanol–water partition coefficient (Wildman–Crippen LogP) is 2.61. The number of hydrogen-bond acceptors (Lipinski definition) is 4. The van der Waals surface area contributed by atoms with Crippen LogP contribution in [0.5, 0.6) is 0 Å². The molecule has 2 saturated heterocycles. The van der Waals surface area contributed by atoms with Crippen molar-refractivity contribution in [3.05, 3.63) is 34.3 Å². The average Bonchev–Trinajstić information content (AvgIpc) is 2.72. The molecule has 0 amide bonds. The van der Waals surface area contributed by atoms with E-state index >= 15 is 0 Å². The van der Waals surface area contributed by atoms with Gasteiger partial charge in [0, 0.05) is 62.9 Å². The van der Waals surface area contributed by atoms with Crippen LogP contribution in [-0.4, -0.2) is 77.1 Å². The Balaban J connectivity index is 0.00000280. The first-order valence-electron chi connectivity index (χ1n) is 9.80. The topological polar surface area (TPSA) is 58.1 Å². The molecule has 158 valence electrons. The first-order chi connectivity index (χ1) is 13.2. The van der Waals surface area contributed by atoms with Gasteiger partial charge in [-0.15, -0.1) is 24.0 Å². The maximum absolute atomic E-state index is 5.64. The Hall–Kier alpha value is -0.420. The molecule has 2 aliphatic rings. The van der Waals surface area contributed by atoms with Crippen molar-refractivity contribution in [3.63, 3.8) is 0 Å². The van der Waals surface area contributed by atoms with Crippen LogP contribution in [0.4, 0.5) is 0 Å². The Morgan fingerprint density at radius 1 is 1.07 bits per heavy atom.